The first kappa shape index (κ1) is 19.9. The van der Waals surface area contributed by atoms with E-state index in [4.69, 9.17) is 0 Å². The third-order valence-electron chi connectivity index (χ3n) is 4.65. The number of fused-ring (bicyclic) bond motifs is 1. The summed E-state index contributed by atoms with van der Waals surface area (Å²) in [6.07, 6.45) is 1.81. The fourth-order valence-electron chi connectivity index (χ4n) is 3.36. The van der Waals surface area contributed by atoms with Gasteiger partial charge in [-0.15, -0.1) is 34.6 Å². The Morgan fingerprint density at radius 1 is 1.04 bits per heavy atom. The maximum atomic E-state index is 4.53. The standard InChI is InChI=1S/C21H21N4S.Ir/c1-13(2)15-7-5-8-16(14(3)4)20(15)25-11-23-24-21(25)17-9-6-10-18-19(17)22-12-26-18;/h5-8,10-14H,1-4H3;/q-1;. The van der Waals surface area contributed by atoms with Gasteiger partial charge < -0.3 is 4.57 Å². The maximum absolute atomic E-state index is 4.53. The van der Waals surface area contributed by atoms with Crippen molar-refractivity contribution in [2.75, 3.05) is 0 Å². The second-order valence-corrected chi connectivity index (χ2v) is 7.92. The molecule has 4 aromatic rings. The summed E-state index contributed by atoms with van der Waals surface area (Å²) < 4.78 is 3.24. The molecule has 0 amide bonds. The van der Waals surface area contributed by atoms with Gasteiger partial charge in [-0.3, -0.25) is 4.98 Å². The minimum absolute atomic E-state index is 0. The zero-order chi connectivity index (χ0) is 18.3. The Morgan fingerprint density at radius 3 is 2.41 bits per heavy atom. The molecular formula is C21H21IrN4S-. The minimum atomic E-state index is 0. The van der Waals surface area contributed by atoms with Crippen LogP contribution in [0.25, 0.3) is 27.3 Å². The van der Waals surface area contributed by atoms with E-state index < -0.39 is 0 Å². The first-order chi connectivity index (χ1) is 12.6. The van der Waals surface area contributed by atoms with Crippen molar-refractivity contribution in [2.45, 2.75) is 39.5 Å². The summed E-state index contributed by atoms with van der Waals surface area (Å²) in [6, 6.07) is 13.8. The van der Waals surface area contributed by atoms with Crippen LogP contribution in [0.1, 0.15) is 50.7 Å². The molecule has 0 bridgehead atoms. The molecule has 0 aliphatic rings. The molecule has 1 radical (unpaired) electrons. The molecule has 0 spiro atoms. The molecule has 6 heteroatoms. The van der Waals surface area contributed by atoms with Crippen LogP contribution in [-0.4, -0.2) is 19.7 Å². The van der Waals surface area contributed by atoms with Gasteiger partial charge in [0.25, 0.3) is 0 Å². The van der Waals surface area contributed by atoms with Crippen molar-refractivity contribution < 1.29 is 20.1 Å². The molecule has 0 saturated carbocycles. The van der Waals surface area contributed by atoms with Crippen LogP contribution < -0.4 is 0 Å². The van der Waals surface area contributed by atoms with Crippen LogP contribution in [0, 0.1) is 6.07 Å². The fourth-order valence-corrected chi connectivity index (χ4v) is 4.04. The number of benzene rings is 2. The van der Waals surface area contributed by atoms with Gasteiger partial charge in [0.1, 0.15) is 6.33 Å². The summed E-state index contributed by atoms with van der Waals surface area (Å²) in [5.41, 5.74) is 7.46. The zero-order valence-corrected chi connectivity index (χ0v) is 18.9. The van der Waals surface area contributed by atoms with Crippen molar-refractivity contribution in [3.8, 4) is 17.1 Å². The predicted octanol–water partition coefficient (Wildman–Crippen LogP) is 5.59. The smallest absolute Gasteiger partial charge is 0.114 e. The third kappa shape index (κ3) is 3.49. The normalized spacial score (nSPS) is 11.3. The van der Waals surface area contributed by atoms with Gasteiger partial charge in [-0.1, -0.05) is 51.5 Å². The van der Waals surface area contributed by atoms with Gasteiger partial charge in [-0.25, -0.2) is 0 Å². The van der Waals surface area contributed by atoms with Crippen LogP contribution in [0.5, 0.6) is 0 Å². The van der Waals surface area contributed by atoms with Crippen LogP contribution in [0.2, 0.25) is 0 Å². The summed E-state index contributed by atoms with van der Waals surface area (Å²) in [6.45, 7) is 8.89. The average molecular weight is 554 g/mol. The quantitative estimate of drug-likeness (QED) is 0.310. The second-order valence-electron chi connectivity index (χ2n) is 7.04. The monoisotopic (exact) mass is 554 g/mol. The van der Waals surface area contributed by atoms with Crippen LogP contribution in [0.4, 0.5) is 0 Å². The summed E-state index contributed by atoms with van der Waals surface area (Å²) in [5, 5.41) is 8.68. The molecule has 2 aromatic carbocycles. The molecular weight excluding hydrogens is 533 g/mol. The van der Waals surface area contributed by atoms with E-state index in [9.17, 15) is 0 Å². The Labute approximate surface area is 177 Å². The third-order valence-corrected chi connectivity index (χ3v) is 5.44. The molecule has 141 valence electrons. The number of para-hydroxylation sites is 1. The molecule has 0 saturated heterocycles. The molecule has 0 aliphatic heterocycles. The largest absolute Gasteiger partial charge is 0.322 e. The van der Waals surface area contributed by atoms with E-state index in [1.165, 1.54) is 16.8 Å². The SMILES string of the molecule is CC(C)c1cccc(C(C)C)c1-n1cnnc1-c1[c-]ccc2scnc12.[Ir]. The van der Waals surface area contributed by atoms with Crippen molar-refractivity contribution in [1.82, 2.24) is 19.7 Å². The first-order valence-corrected chi connectivity index (χ1v) is 9.73. The van der Waals surface area contributed by atoms with Gasteiger partial charge in [-0.2, -0.15) is 5.10 Å². The Kier molecular flexibility index (Phi) is 5.89. The first-order valence-electron chi connectivity index (χ1n) is 8.85. The van der Waals surface area contributed by atoms with E-state index in [-0.39, 0.29) is 20.1 Å². The predicted molar refractivity (Wildman–Crippen MR) is 107 cm³/mol. The van der Waals surface area contributed by atoms with Crippen LogP contribution in [0.15, 0.2) is 42.2 Å². The molecule has 0 atom stereocenters. The van der Waals surface area contributed by atoms with E-state index in [1.807, 2.05) is 24.0 Å². The molecule has 0 N–H and O–H groups in total. The molecule has 4 nitrogen and oxygen atoms in total. The second kappa shape index (κ2) is 8.01. The van der Waals surface area contributed by atoms with Crippen molar-refractivity contribution in [2.24, 2.45) is 0 Å². The molecule has 2 aromatic heterocycles. The molecule has 0 aliphatic carbocycles. The van der Waals surface area contributed by atoms with Gasteiger partial charge in [0, 0.05) is 31.3 Å². The number of thiazole rings is 1. The van der Waals surface area contributed by atoms with E-state index >= 15 is 0 Å². The van der Waals surface area contributed by atoms with Crippen LogP contribution in [0.3, 0.4) is 0 Å². The van der Waals surface area contributed by atoms with E-state index in [2.05, 4.69) is 71.7 Å². The Balaban J connectivity index is 0.00000210. The van der Waals surface area contributed by atoms with Crippen LogP contribution >= 0.6 is 11.3 Å². The summed E-state index contributed by atoms with van der Waals surface area (Å²) in [4.78, 5) is 4.53. The summed E-state index contributed by atoms with van der Waals surface area (Å²) in [7, 11) is 0. The maximum Gasteiger partial charge on any atom is 0.114 e. The average Bonchev–Trinajstić information content (AvgIpc) is 3.29. The fraction of sp³-hybridized carbons (Fsp3) is 0.286. The van der Waals surface area contributed by atoms with Crippen molar-refractivity contribution in [3.63, 3.8) is 0 Å². The van der Waals surface area contributed by atoms with Crippen molar-refractivity contribution in [3.05, 3.63) is 59.4 Å². The van der Waals surface area contributed by atoms with Gasteiger partial charge in [0.2, 0.25) is 0 Å². The number of rotatable bonds is 4. The van der Waals surface area contributed by atoms with Crippen molar-refractivity contribution >= 4 is 21.6 Å². The van der Waals surface area contributed by atoms with Crippen LogP contribution in [-0.2, 0) is 20.1 Å². The van der Waals surface area contributed by atoms with Gasteiger partial charge >= 0.3 is 0 Å². The van der Waals surface area contributed by atoms with Crippen molar-refractivity contribution in [1.29, 1.82) is 0 Å². The minimum Gasteiger partial charge on any atom is -0.322 e. The van der Waals surface area contributed by atoms with Gasteiger partial charge in [0.15, 0.2) is 0 Å². The Bertz CT molecular complexity index is 1040. The van der Waals surface area contributed by atoms with Gasteiger partial charge in [-0.05, 0) is 27.7 Å². The molecule has 27 heavy (non-hydrogen) atoms. The summed E-state index contributed by atoms with van der Waals surface area (Å²) in [5.74, 6) is 1.59. The Hall–Kier alpha value is -1.88. The Morgan fingerprint density at radius 2 is 1.74 bits per heavy atom. The number of nitrogens with zero attached hydrogens (tertiary/aromatic N) is 4. The topological polar surface area (TPSA) is 43.6 Å². The zero-order valence-electron chi connectivity index (χ0n) is 15.7. The van der Waals surface area contributed by atoms with E-state index in [1.54, 1.807) is 11.3 Å². The van der Waals surface area contributed by atoms with E-state index in [0.717, 1.165) is 21.6 Å². The molecule has 0 fully saturated rings. The molecule has 0 unspecified atom stereocenters. The van der Waals surface area contributed by atoms with E-state index in [0.29, 0.717) is 11.8 Å². The number of aromatic nitrogens is 4. The molecule has 2 heterocycles. The summed E-state index contributed by atoms with van der Waals surface area (Å²) >= 11 is 1.63. The number of hydrogen-bond donors (Lipinski definition) is 0. The molecule has 4 rings (SSSR count). The number of hydrogen-bond acceptors (Lipinski definition) is 4. The van der Waals surface area contributed by atoms with Gasteiger partial charge in [0.05, 0.1) is 11.3 Å².